The molecule has 96 valence electrons. The highest BCUT2D eigenvalue weighted by Crippen LogP contribution is 2.36. The zero-order valence-electron chi connectivity index (χ0n) is 9.05. The van der Waals surface area contributed by atoms with Crippen LogP contribution < -0.4 is 0 Å². The number of hydrogen-bond donors (Lipinski definition) is 1. The zero-order chi connectivity index (χ0) is 13.5. The van der Waals surface area contributed by atoms with E-state index in [2.05, 4.69) is 26.1 Å². The monoisotopic (exact) mass is 337 g/mol. The van der Waals surface area contributed by atoms with Crippen LogP contribution in [0.4, 0.5) is 13.2 Å². The first-order valence-electron chi connectivity index (χ1n) is 4.79. The van der Waals surface area contributed by atoms with Gasteiger partial charge in [0.1, 0.15) is 0 Å². The Labute approximate surface area is 114 Å². The molecule has 0 amide bonds. The third kappa shape index (κ3) is 2.35. The van der Waals surface area contributed by atoms with Crippen LogP contribution in [0.5, 0.6) is 0 Å². The van der Waals surface area contributed by atoms with Gasteiger partial charge in [0.15, 0.2) is 10.6 Å². The van der Waals surface area contributed by atoms with E-state index >= 15 is 0 Å². The van der Waals surface area contributed by atoms with E-state index in [-0.39, 0.29) is 4.47 Å². The molecule has 0 bridgehead atoms. The smallest absolute Gasteiger partial charge is 0.303 e. The van der Waals surface area contributed by atoms with Crippen molar-refractivity contribution in [2.24, 2.45) is 7.05 Å². The first-order chi connectivity index (χ1) is 8.30. The van der Waals surface area contributed by atoms with E-state index in [1.165, 1.54) is 10.6 Å². The highest BCUT2D eigenvalue weighted by molar-refractivity contribution is 9.10. The number of nitrogens with zero attached hydrogens (tertiary/aromatic N) is 2. The second kappa shape index (κ2) is 4.51. The second-order valence-electron chi connectivity index (χ2n) is 3.60. The van der Waals surface area contributed by atoms with Gasteiger partial charge >= 0.3 is 6.18 Å². The summed E-state index contributed by atoms with van der Waals surface area (Å²) >= 11 is 7.81. The van der Waals surface area contributed by atoms with Gasteiger partial charge in [-0.15, -0.1) is 0 Å². The van der Waals surface area contributed by atoms with Crippen LogP contribution in [-0.2, 0) is 13.2 Å². The summed E-state index contributed by atoms with van der Waals surface area (Å²) in [5, 5.41) is 6.43. The Hall–Kier alpha value is -1.15. The number of alkyl halides is 3. The minimum absolute atomic E-state index is 0.00413. The maximum atomic E-state index is 12.8. The molecule has 0 radical (unpaired) electrons. The van der Waals surface area contributed by atoms with Crippen LogP contribution in [0.25, 0.3) is 11.4 Å². The van der Waals surface area contributed by atoms with Gasteiger partial charge in [-0.2, -0.15) is 18.3 Å². The fourth-order valence-corrected chi connectivity index (χ4v) is 2.09. The Morgan fingerprint density at radius 1 is 1.39 bits per heavy atom. The lowest BCUT2D eigenvalue weighted by Gasteiger charge is -2.10. The van der Waals surface area contributed by atoms with Crippen LogP contribution in [0.3, 0.4) is 0 Å². The first kappa shape index (κ1) is 13.3. The topological polar surface area (TPSA) is 33.6 Å². The molecule has 0 aliphatic carbocycles. The number of aromatic nitrogens is 3. The summed E-state index contributed by atoms with van der Waals surface area (Å²) in [6.07, 6.45) is -4.42. The van der Waals surface area contributed by atoms with Gasteiger partial charge < -0.3 is 4.57 Å². The maximum absolute atomic E-state index is 12.8. The molecule has 0 unspecified atom stereocenters. The van der Waals surface area contributed by atoms with Gasteiger partial charge in [-0.1, -0.05) is 22.0 Å². The molecule has 8 heteroatoms. The van der Waals surface area contributed by atoms with Gasteiger partial charge in [0.05, 0.1) is 5.56 Å². The molecule has 0 saturated heterocycles. The lowest BCUT2D eigenvalue weighted by molar-refractivity contribution is -0.138. The third-order valence-corrected chi connectivity index (χ3v) is 3.47. The van der Waals surface area contributed by atoms with Crippen molar-refractivity contribution in [1.29, 1.82) is 0 Å². The molecular weight excluding hydrogens is 331 g/mol. The molecule has 1 N–H and O–H groups in total. The molecule has 2 rings (SSSR count). The molecule has 0 atom stereocenters. The van der Waals surface area contributed by atoms with Gasteiger partial charge in [0.25, 0.3) is 0 Å². The summed E-state index contributed by atoms with van der Waals surface area (Å²) in [6, 6.07) is 3.93. The van der Waals surface area contributed by atoms with E-state index < -0.39 is 11.7 Å². The molecule has 1 heterocycles. The zero-order valence-corrected chi connectivity index (χ0v) is 11.4. The van der Waals surface area contributed by atoms with Crippen LogP contribution >= 0.6 is 28.1 Å². The largest absolute Gasteiger partial charge is 0.417 e. The van der Waals surface area contributed by atoms with E-state index in [1.54, 1.807) is 13.1 Å². The Morgan fingerprint density at radius 2 is 2.06 bits per heavy atom. The average Bonchev–Trinajstić information content (AvgIpc) is 2.59. The molecule has 0 fully saturated rings. The highest BCUT2D eigenvalue weighted by atomic mass is 79.9. The average molecular weight is 338 g/mol. The molecule has 1 aromatic carbocycles. The van der Waals surface area contributed by atoms with Crippen LogP contribution in [0.1, 0.15) is 5.56 Å². The van der Waals surface area contributed by atoms with Crippen LogP contribution in [0.2, 0.25) is 0 Å². The molecule has 18 heavy (non-hydrogen) atoms. The minimum atomic E-state index is -4.42. The lowest BCUT2D eigenvalue weighted by atomic mass is 10.1. The van der Waals surface area contributed by atoms with Crippen LogP contribution in [-0.4, -0.2) is 14.8 Å². The number of halogens is 4. The van der Waals surface area contributed by atoms with E-state index in [1.807, 2.05) is 0 Å². The molecular formula is C10H7BrF3N3S. The summed E-state index contributed by atoms with van der Waals surface area (Å²) < 4.78 is 40.2. The van der Waals surface area contributed by atoms with Crippen molar-refractivity contribution >= 4 is 28.1 Å². The molecule has 0 aliphatic heterocycles. The number of rotatable bonds is 1. The van der Waals surface area contributed by atoms with Crippen molar-refractivity contribution in [3.05, 3.63) is 33.0 Å². The van der Waals surface area contributed by atoms with Crippen LogP contribution in [0, 0.1) is 4.77 Å². The molecule has 0 saturated carbocycles. The number of aromatic amines is 1. The summed E-state index contributed by atoms with van der Waals surface area (Å²) in [7, 11) is 1.64. The fourth-order valence-electron chi connectivity index (χ4n) is 1.49. The van der Waals surface area contributed by atoms with Crippen molar-refractivity contribution in [2.75, 3.05) is 0 Å². The quantitative estimate of drug-likeness (QED) is 0.800. The number of hydrogen-bond acceptors (Lipinski definition) is 2. The second-order valence-corrected chi connectivity index (χ2v) is 4.84. The SMILES string of the molecule is Cn1c(-c2ccc(Br)c(C(F)(F)F)c2)n[nH]c1=S. The standard InChI is InChI=1S/C10H7BrF3N3S/c1-17-8(15-16-9(17)18)5-2-3-7(11)6(4-5)10(12,13)14/h2-4H,1H3,(H,16,18). The Kier molecular flexibility index (Phi) is 3.33. The molecule has 0 spiro atoms. The highest BCUT2D eigenvalue weighted by Gasteiger charge is 2.33. The summed E-state index contributed by atoms with van der Waals surface area (Å²) in [5.41, 5.74) is -0.394. The predicted molar refractivity (Wildman–Crippen MR) is 66.5 cm³/mol. The van der Waals surface area contributed by atoms with Crippen molar-refractivity contribution in [3.63, 3.8) is 0 Å². The van der Waals surface area contributed by atoms with E-state index in [0.29, 0.717) is 16.2 Å². The maximum Gasteiger partial charge on any atom is 0.417 e. The van der Waals surface area contributed by atoms with E-state index in [4.69, 9.17) is 12.2 Å². The van der Waals surface area contributed by atoms with E-state index in [9.17, 15) is 13.2 Å². The van der Waals surface area contributed by atoms with Gasteiger partial charge in [0, 0.05) is 17.1 Å². The van der Waals surface area contributed by atoms with Gasteiger partial charge in [-0.3, -0.25) is 5.10 Å². The van der Waals surface area contributed by atoms with Crippen molar-refractivity contribution in [3.8, 4) is 11.4 Å². The van der Waals surface area contributed by atoms with Crippen molar-refractivity contribution < 1.29 is 13.2 Å². The normalized spacial score (nSPS) is 11.8. The van der Waals surface area contributed by atoms with Crippen molar-refractivity contribution in [1.82, 2.24) is 14.8 Å². The van der Waals surface area contributed by atoms with Gasteiger partial charge in [0.2, 0.25) is 0 Å². The van der Waals surface area contributed by atoms with Crippen molar-refractivity contribution in [2.45, 2.75) is 6.18 Å². The molecule has 3 nitrogen and oxygen atoms in total. The Morgan fingerprint density at radius 3 is 2.56 bits per heavy atom. The molecule has 2 aromatic rings. The summed E-state index contributed by atoms with van der Waals surface area (Å²) in [4.78, 5) is 0. The number of benzene rings is 1. The summed E-state index contributed by atoms with van der Waals surface area (Å²) in [5.74, 6) is 0.359. The third-order valence-electron chi connectivity index (χ3n) is 2.41. The Balaban J connectivity index is 2.61. The molecule has 0 aliphatic rings. The molecule has 1 aromatic heterocycles. The van der Waals surface area contributed by atoms with E-state index in [0.717, 1.165) is 6.07 Å². The number of H-pyrrole nitrogens is 1. The summed E-state index contributed by atoms with van der Waals surface area (Å²) in [6.45, 7) is 0. The van der Waals surface area contributed by atoms with Crippen LogP contribution in [0.15, 0.2) is 22.7 Å². The number of nitrogens with one attached hydrogen (secondary N) is 1. The van der Waals surface area contributed by atoms with Gasteiger partial charge in [-0.25, -0.2) is 0 Å². The first-order valence-corrected chi connectivity index (χ1v) is 5.99. The lowest BCUT2D eigenvalue weighted by Crippen LogP contribution is -2.06. The predicted octanol–water partition coefficient (Wildman–Crippen LogP) is 3.93. The minimum Gasteiger partial charge on any atom is -0.303 e. The van der Waals surface area contributed by atoms with Gasteiger partial charge in [-0.05, 0) is 24.4 Å². The Bertz CT molecular complexity index is 645. The fraction of sp³-hybridized carbons (Fsp3) is 0.200.